The number of thiophene rings is 1. The zero-order valence-electron chi connectivity index (χ0n) is 23.1. The lowest BCUT2D eigenvalue weighted by Gasteiger charge is -2.20. The molecule has 0 unspecified atom stereocenters. The van der Waals surface area contributed by atoms with Gasteiger partial charge < -0.3 is 31.2 Å². The van der Waals surface area contributed by atoms with E-state index in [2.05, 4.69) is 26.1 Å². The molecule has 0 atom stereocenters. The maximum Gasteiger partial charge on any atom is 0.315 e. The predicted octanol–water partition coefficient (Wildman–Crippen LogP) is 4.76. The fourth-order valence-corrected chi connectivity index (χ4v) is 4.86. The van der Waals surface area contributed by atoms with E-state index in [4.69, 9.17) is 15.2 Å². The fraction of sp³-hybridized carbons (Fsp3) is 0.310. The molecule has 2 heterocycles. The van der Waals surface area contributed by atoms with Crippen molar-refractivity contribution >= 4 is 44.9 Å². The summed E-state index contributed by atoms with van der Waals surface area (Å²) in [5.74, 6) is -0.0243. The van der Waals surface area contributed by atoms with E-state index in [-0.39, 0.29) is 23.7 Å². The standard InChI is InChI=1S/C29H33FN6O4S/c1-29(2,3)34-28(38)32-11-12-39-13-14-40-23-7-5-4-6-19(23)25-26-20(10-15-41-26)27(36-35-25)33-22-9-8-18(16-21(22)30)17-24(31)37/h4-10,15-16H,11-14,17H2,1-3H3,(H2,31,37)(H,33,36)(H2,32,34,38). The van der Waals surface area contributed by atoms with Gasteiger partial charge in [0.05, 0.1) is 30.0 Å². The second-order valence-corrected chi connectivity index (χ2v) is 11.1. The first-order valence-corrected chi connectivity index (χ1v) is 13.9. The van der Waals surface area contributed by atoms with Crippen molar-refractivity contribution in [2.24, 2.45) is 5.73 Å². The Hall–Kier alpha value is -4.29. The first-order valence-electron chi connectivity index (χ1n) is 13.0. The monoisotopic (exact) mass is 580 g/mol. The van der Waals surface area contributed by atoms with Crippen molar-refractivity contribution in [1.29, 1.82) is 0 Å². The number of hydrogen-bond acceptors (Lipinski definition) is 8. The number of nitrogens with zero attached hydrogens (tertiary/aromatic N) is 2. The van der Waals surface area contributed by atoms with E-state index in [0.29, 0.717) is 49.2 Å². The van der Waals surface area contributed by atoms with Crippen LogP contribution in [0.15, 0.2) is 53.9 Å². The van der Waals surface area contributed by atoms with Crippen LogP contribution in [0.3, 0.4) is 0 Å². The van der Waals surface area contributed by atoms with Gasteiger partial charge in [-0.25, -0.2) is 9.18 Å². The lowest BCUT2D eigenvalue weighted by atomic mass is 10.1. The SMILES string of the molecule is CC(C)(C)NC(=O)NCCOCCOc1ccccc1-c1nnc(Nc2ccc(CC(N)=O)cc2F)c2ccsc12. The fourth-order valence-electron chi connectivity index (χ4n) is 3.97. The molecule has 0 aliphatic rings. The number of aromatic nitrogens is 2. The van der Waals surface area contributed by atoms with Gasteiger partial charge >= 0.3 is 6.03 Å². The van der Waals surface area contributed by atoms with Crippen LogP contribution in [-0.2, 0) is 16.0 Å². The van der Waals surface area contributed by atoms with Gasteiger partial charge in [0.2, 0.25) is 5.91 Å². The number of benzene rings is 2. The number of carbonyl (C=O) groups is 2. The number of urea groups is 1. The van der Waals surface area contributed by atoms with Crippen molar-refractivity contribution in [2.75, 3.05) is 31.7 Å². The number of amides is 3. The van der Waals surface area contributed by atoms with Gasteiger partial charge in [-0.15, -0.1) is 21.5 Å². The van der Waals surface area contributed by atoms with Crippen LogP contribution in [-0.4, -0.2) is 54.0 Å². The number of nitrogens with two attached hydrogens (primary N) is 1. The number of fused-ring (bicyclic) bond motifs is 1. The Morgan fingerprint density at radius 3 is 2.61 bits per heavy atom. The Morgan fingerprint density at radius 2 is 1.85 bits per heavy atom. The lowest BCUT2D eigenvalue weighted by molar-refractivity contribution is -0.117. The summed E-state index contributed by atoms with van der Waals surface area (Å²) in [6.07, 6.45) is -0.0400. The summed E-state index contributed by atoms with van der Waals surface area (Å²) in [7, 11) is 0. The second-order valence-electron chi connectivity index (χ2n) is 10.2. The van der Waals surface area contributed by atoms with E-state index in [9.17, 15) is 14.0 Å². The molecule has 10 nitrogen and oxygen atoms in total. The first kappa shape index (κ1) is 29.7. The molecule has 4 aromatic rings. The van der Waals surface area contributed by atoms with Crippen LogP contribution < -0.4 is 26.4 Å². The third-order valence-corrected chi connectivity index (χ3v) is 6.62. The van der Waals surface area contributed by atoms with Gasteiger partial charge in [0, 0.05) is 23.0 Å². The van der Waals surface area contributed by atoms with E-state index in [0.717, 1.165) is 15.6 Å². The second kappa shape index (κ2) is 13.4. The molecule has 2 aromatic heterocycles. The van der Waals surface area contributed by atoms with E-state index in [1.54, 1.807) is 12.1 Å². The maximum absolute atomic E-state index is 14.7. The molecular weight excluding hydrogens is 547 g/mol. The molecule has 0 radical (unpaired) electrons. The molecule has 0 aliphatic heterocycles. The summed E-state index contributed by atoms with van der Waals surface area (Å²) in [5, 5.41) is 20.1. The van der Waals surface area contributed by atoms with E-state index in [1.165, 1.54) is 17.4 Å². The van der Waals surface area contributed by atoms with Gasteiger partial charge in [0.25, 0.3) is 0 Å². The first-order chi connectivity index (χ1) is 19.6. The van der Waals surface area contributed by atoms with Gasteiger partial charge in [-0.2, -0.15) is 0 Å². The summed E-state index contributed by atoms with van der Waals surface area (Å²) in [4.78, 5) is 23.0. The third-order valence-electron chi connectivity index (χ3n) is 5.70. The van der Waals surface area contributed by atoms with Gasteiger partial charge in [-0.3, -0.25) is 4.79 Å². The molecule has 41 heavy (non-hydrogen) atoms. The largest absolute Gasteiger partial charge is 0.490 e. The minimum absolute atomic E-state index is 0.0400. The zero-order chi connectivity index (χ0) is 29.4. The molecule has 0 saturated heterocycles. The molecule has 216 valence electrons. The quantitative estimate of drug-likeness (QED) is 0.177. The molecule has 0 aliphatic carbocycles. The molecule has 12 heteroatoms. The summed E-state index contributed by atoms with van der Waals surface area (Å²) in [6, 6.07) is 13.6. The summed E-state index contributed by atoms with van der Waals surface area (Å²) >= 11 is 1.49. The number of nitrogens with one attached hydrogen (secondary N) is 3. The van der Waals surface area contributed by atoms with Crippen molar-refractivity contribution in [3.8, 4) is 17.0 Å². The Kier molecular flexibility index (Phi) is 9.69. The van der Waals surface area contributed by atoms with Crippen LogP contribution in [0.5, 0.6) is 5.75 Å². The predicted molar refractivity (Wildman–Crippen MR) is 158 cm³/mol. The average molecular weight is 581 g/mol. The number of para-hydroxylation sites is 1. The number of hydrogen-bond donors (Lipinski definition) is 4. The minimum Gasteiger partial charge on any atom is -0.490 e. The average Bonchev–Trinajstić information content (AvgIpc) is 3.39. The number of primary amides is 1. The smallest absolute Gasteiger partial charge is 0.315 e. The number of ether oxygens (including phenoxy) is 2. The van der Waals surface area contributed by atoms with E-state index in [1.807, 2.05) is 56.5 Å². The Balaban J connectivity index is 1.39. The van der Waals surface area contributed by atoms with Crippen molar-refractivity contribution in [3.63, 3.8) is 0 Å². The number of halogens is 1. The molecule has 0 spiro atoms. The summed E-state index contributed by atoms with van der Waals surface area (Å²) < 4.78 is 27.2. The van der Waals surface area contributed by atoms with Crippen LogP contribution in [0.25, 0.3) is 21.3 Å². The lowest BCUT2D eigenvalue weighted by Crippen LogP contribution is -2.47. The normalized spacial score (nSPS) is 11.3. The molecule has 5 N–H and O–H groups in total. The highest BCUT2D eigenvalue weighted by Crippen LogP contribution is 2.38. The van der Waals surface area contributed by atoms with E-state index >= 15 is 0 Å². The number of carbonyl (C=O) groups excluding carboxylic acids is 2. The molecule has 2 aromatic carbocycles. The summed E-state index contributed by atoms with van der Waals surface area (Å²) in [6.45, 7) is 7.11. The van der Waals surface area contributed by atoms with Gasteiger partial charge in [-0.05, 0) is 62.0 Å². The van der Waals surface area contributed by atoms with Crippen molar-refractivity contribution < 1.29 is 23.5 Å². The Labute approximate surface area is 241 Å². The van der Waals surface area contributed by atoms with Crippen LogP contribution >= 0.6 is 11.3 Å². The molecular formula is C29H33FN6O4S. The highest BCUT2D eigenvalue weighted by atomic mass is 32.1. The minimum atomic E-state index is -0.529. The topological polar surface area (TPSA) is 140 Å². The molecule has 0 bridgehead atoms. The highest BCUT2D eigenvalue weighted by molar-refractivity contribution is 7.17. The molecule has 0 saturated carbocycles. The van der Waals surface area contributed by atoms with E-state index < -0.39 is 11.7 Å². The van der Waals surface area contributed by atoms with Gasteiger partial charge in [0.1, 0.15) is 23.9 Å². The Morgan fingerprint density at radius 1 is 1.05 bits per heavy atom. The van der Waals surface area contributed by atoms with Gasteiger partial charge in [-0.1, -0.05) is 18.2 Å². The van der Waals surface area contributed by atoms with Gasteiger partial charge in [0.15, 0.2) is 5.82 Å². The number of rotatable bonds is 12. The van der Waals surface area contributed by atoms with Crippen molar-refractivity contribution in [1.82, 2.24) is 20.8 Å². The van der Waals surface area contributed by atoms with Crippen LogP contribution in [0.4, 0.5) is 20.7 Å². The molecule has 4 rings (SSSR count). The number of anilines is 2. The Bertz CT molecular complexity index is 1520. The highest BCUT2D eigenvalue weighted by Gasteiger charge is 2.17. The summed E-state index contributed by atoms with van der Waals surface area (Å²) in [5.41, 5.74) is 7.01. The van der Waals surface area contributed by atoms with Crippen molar-refractivity contribution in [3.05, 3.63) is 65.3 Å². The van der Waals surface area contributed by atoms with Crippen LogP contribution in [0.1, 0.15) is 26.3 Å². The van der Waals surface area contributed by atoms with Crippen LogP contribution in [0.2, 0.25) is 0 Å². The molecule has 0 fully saturated rings. The maximum atomic E-state index is 14.7. The third kappa shape index (κ3) is 8.35. The van der Waals surface area contributed by atoms with Crippen LogP contribution in [0, 0.1) is 5.82 Å². The van der Waals surface area contributed by atoms with Crippen molar-refractivity contribution in [2.45, 2.75) is 32.7 Å². The molecule has 3 amide bonds. The zero-order valence-corrected chi connectivity index (χ0v) is 23.9.